The highest BCUT2D eigenvalue weighted by atomic mass is 32.1. The van der Waals surface area contributed by atoms with Crippen LogP contribution in [0.2, 0.25) is 0 Å². The summed E-state index contributed by atoms with van der Waals surface area (Å²) < 4.78 is 63.3. The van der Waals surface area contributed by atoms with Gasteiger partial charge >= 0.3 is 0 Å². The third-order valence-corrected chi connectivity index (χ3v) is 20.7. The minimum Gasteiger partial charge on any atom is -0.489 e. The monoisotopic (exact) mass is 1490 g/mol. The Balaban J connectivity index is 0.000000124. The molecule has 1 atom stereocenters. The lowest BCUT2D eigenvalue weighted by Crippen LogP contribution is -2.38. The molecule has 0 aliphatic carbocycles. The van der Waals surface area contributed by atoms with E-state index in [-0.39, 0.29) is 39.3 Å². The summed E-state index contributed by atoms with van der Waals surface area (Å²) in [6.07, 6.45) is 7.87. The lowest BCUT2D eigenvalue weighted by atomic mass is 10.1. The molecule has 0 N–H and O–H groups in total. The lowest BCUT2D eigenvalue weighted by Gasteiger charge is -2.33. The maximum atomic E-state index is 14.3. The van der Waals surface area contributed by atoms with Gasteiger partial charge in [-0.15, -0.1) is 0 Å². The molecule has 5 saturated heterocycles. The summed E-state index contributed by atoms with van der Waals surface area (Å²) in [5.74, 6) is 2.55. The van der Waals surface area contributed by atoms with Gasteiger partial charge < -0.3 is 48.2 Å². The van der Waals surface area contributed by atoms with E-state index < -0.39 is 5.82 Å². The normalized spacial score (nSPS) is 16.2. The average molecular weight is 1490 g/mol. The van der Waals surface area contributed by atoms with Crippen LogP contribution in [0, 0.1) is 80.9 Å². The van der Waals surface area contributed by atoms with Crippen LogP contribution in [0.15, 0.2) is 127 Å². The lowest BCUT2D eigenvalue weighted by molar-refractivity contribution is 0.122. The van der Waals surface area contributed by atoms with Gasteiger partial charge in [0.1, 0.15) is 57.3 Å². The van der Waals surface area contributed by atoms with E-state index in [0.29, 0.717) is 96.8 Å². The number of pyridine rings is 1. The van der Waals surface area contributed by atoms with Gasteiger partial charge in [0, 0.05) is 129 Å². The average Bonchev–Trinajstić information content (AvgIpc) is 1.46. The van der Waals surface area contributed by atoms with Crippen LogP contribution in [0.4, 0.5) is 36.0 Å². The Morgan fingerprint density at radius 1 is 0.425 bits per heavy atom. The van der Waals surface area contributed by atoms with Gasteiger partial charge in [0.25, 0.3) is 27.8 Å². The van der Waals surface area contributed by atoms with Gasteiger partial charge in [-0.3, -0.25) is 42.2 Å². The first-order valence-electron chi connectivity index (χ1n) is 35.4. The van der Waals surface area contributed by atoms with E-state index >= 15 is 0 Å². The van der Waals surface area contributed by atoms with Crippen molar-refractivity contribution in [2.45, 2.75) is 88.1 Å². The molecule has 3 aromatic carbocycles. The fourth-order valence-electron chi connectivity index (χ4n) is 13.6. The number of nitrogens with zero attached hydrogens (tertiary/aromatic N) is 16. The standard InChI is InChI=1S/C17H19N3O2.2C16H18FN3O2.C14H17N3O2S.C13H16N4O2S/c1-11-8-17(21)20(12(2)18-11)13-5-6-15-16(9-13)22-10-14-4-3-7-19(14)15;1-11-9-16(21)20(12(2)18-11)13-3-4-14(17)15(10-13)19-5-7-22-8-6-19;1-11-9-16(21)20(12(2)18-11)15-10-13(3-4-14(15)17)19-5-7-22-8-6-19;1-10-7-11(2)13(18)17(9-10)12-8-15-14(20-12)16-3-5-19-6-4-16;1-9-7-11(18)17(10(2)15-9)13-14-8-12(20-13)16-3-5-19-6-4-16/h5-6,8-9,14H,3-4,7,10H2,1-2H3;2*3-4,9-10H,5-8H2,1-2H3;7-9H,3-6H2,1-2H3;7-8H,3-6H2,1-2H3. The molecule has 0 radical (unpaired) electrons. The molecule has 10 aromatic rings. The van der Waals surface area contributed by atoms with Crippen molar-refractivity contribution in [2.75, 3.05) is 143 Å². The van der Waals surface area contributed by atoms with Gasteiger partial charge in [-0.1, -0.05) is 22.7 Å². The summed E-state index contributed by atoms with van der Waals surface area (Å²) >= 11 is 3.06. The highest BCUT2D eigenvalue weighted by Gasteiger charge is 2.32. The minimum atomic E-state index is -0.437. The molecule has 5 fully saturated rings. The topological polar surface area (TPSA) is 250 Å². The number of halogens is 2. The molecule has 106 heavy (non-hydrogen) atoms. The quantitative estimate of drug-likeness (QED) is 0.131. The van der Waals surface area contributed by atoms with Crippen LogP contribution in [-0.2, 0) is 18.9 Å². The summed E-state index contributed by atoms with van der Waals surface area (Å²) in [5, 5.41) is 3.55. The van der Waals surface area contributed by atoms with Crippen LogP contribution < -0.4 is 57.0 Å². The smallest absolute Gasteiger partial charge is 0.260 e. The van der Waals surface area contributed by atoms with E-state index in [4.69, 9.17) is 23.7 Å². The molecule has 0 spiro atoms. The molecule has 558 valence electrons. The van der Waals surface area contributed by atoms with Gasteiger partial charge in [0.05, 0.1) is 99.7 Å². The number of hydrogen-bond acceptors (Lipinski definition) is 23. The number of benzene rings is 3. The zero-order chi connectivity index (χ0) is 74.9. The summed E-state index contributed by atoms with van der Waals surface area (Å²) in [4.78, 5) is 98.1. The van der Waals surface area contributed by atoms with E-state index in [9.17, 15) is 32.8 Å². The van der Waals surface area contributed by atoms with Crippen LogP contribution >= 0.6 is 22.7 Å². The Kier molecular flexibility index (Phi) is 24.2. The first-order chi connectivity index (χ1) is 51.0. The summed E-state index contributed by atoms with van der Waals surface area (Å²) in [6.45, 7) is 31.6. The fraction of sp³-hybridized carbons (Fsp3) is 0.408. The number of hydrogen-bond donors (Lipinski definition) is 0. The van der Waals surface area contributed by atoms with Crippen molar-refractivity contribution in [3.63, 3.8) is 0 Å². The van der Waals surface area contributed by atoms with Crippen molar-refractivity contribution in [2.24, 2.45) is 0 Å². The molecular weight excluding hydrogens is 1400 g/mol. The Hall–Kier alpha value is -10.1. The second kappa shape index (κ2) is 34.0. The Labute approximate surface area is 619 Å². The van der Waals surface area contributed by atoms with E-state index in [1.54, 1.807) is 89.3 Å². The summed E-state index contributed by atoms with van der Waals surface area (Å²) in [7, 11) is 0. The van der Waals surface area contributed by atoms with Crippen LogP contribution in [0.25, 0.3) is 27.2 Å². The largest absolute Gasteiger partial charge is 0.489 e. The Morgan fingerprint density at radius 3 is 1.42 bits per heavy atom. The second-order valence-electron chi connectivity index (χ2n) is 26.4. The van der Waals surface area contributed by atoms with Gasteiger partial charge in [0.2, 0.25) is 0 Å². The van der Waals surface area contributed by atoms with Crippen molar-refractivity contribution >= 4 is 49.9 Å². The minimum absolute atomic E-state index is 0.0211. The van der Waals surface area contributed by atoms with Crippen molar-refractivity contribution < 1.29 is 32.5 Å². The molecule has 16 rings (SSSR count). The van der Waals surface area contributed by atoms with Crippen molar-refractivity contribution in [3.05, 3.63) is 224 Å². The molecule has 7 aromatic heterocycles. The molecule has 1 unspecified atom stereocenters. The third-order valence-electron chi connectivity index (χ3n) is 18.6. The van der Waals surface area contributed by atoms with Crippen molar-refractivity contribution in [1.82, 2.24) is 52.7 Å². The van der Waals surface area contributed by atoms with Crippen LogP contribution in [0.1, 0.15) is 70.0 Å². The predicted octanol–water partition coefficient (Wildman–Crippen LogP) is 8.75. The summed E-state index contributed by atoms with van der Waals surface area (Å²) in [5.41, 5.74) is 8.23. The maximum Gasteiger partial charge on any atom is 0.260 e. The molecule has 6 aliphatic heterocycles. The highest BCUT2D eigenvalue weighted by Crippen LogP contribution is 2.39. The zero-order valence-corrected chi connectivity index (χ0v) is 63.0. The Bertz CT molecular complexity index is 5110. The molecule has 13 heterocycles. The van der Waals surface area contributed by atoms with Gasteiger partial charge in [-0.25, -0.2) is 43.3 Å². The molecule has 0 amide bonds. The van der Waals surface area contributed by atoms with Crippen LogP contribution in [-0.4, -0.2) is 177 Å². The molecule has 0 bridgehead atoms. The number of anilines is 5. The second-order valence-corrected chi connectivity index (χ2v) is 28.4. The molecule has 26 nitrogen and oxygen atoms in total. The summed E-state index contributed by atoms with van der Waals surface area (Å²) in [6, 6.07) is 23.9. The number of fused-ring (bicyclic) bond motifs is 3. The van der Waals surface area contributed by atoms with Gasteiger partial charge in [-0.2, -0.15) is 0 Å². The number of aryl methyl sites for hydroxylation is 10. The van der Waals surface area contributed by atoms with Crippen molar-refractivity contribution in [3.8, 4) is 32.9 Å². The molecule has 0 saturated carbocycles. The molecule has 30 heteroatoms. The number of thiazole rings is 2. The number of morpholine rings is 4. The first kappa shape index (κ1) is 75.6. The van der Waals surface area contributed by atoms with Crippen molar-refractivity contribution in [1.29, 1.82) is 0 Å². The predicted molar refractivity (Wildman–Crippen MR) is 408 cm³/mol. The fourth-order valence-corrected chi connectivity index (χ4v) is 15.6. The number of aromatic nitrogens is 11. The van der Waals surface area contributed by atoms with Gasteiger partial charge in [0.15, 0.2) is 10.3 Å². The number of ether oxygens (including phenoxy) is 5. The van der Waals surface area contributed by atoms with Crippen LogP contribution in [0.5, 0.6) is 5.75 Å². The van der Waals surface area contributed by atoms with Gasteiger partial charge in [-0.05, 0) is 142 Å². The Morgan fingerprint density at radius 2 is 0.868 bits per heavy atom. The van der Waals surface area contributed by atoms with E-state index in [0.717, 1.165) is 139 Å². The SMILES string of the molecule is Cc1cc(=O)n(-c2cc(N3CCOCC3)ccc2F)c(C)n1.Cc1cc(=O)n(-c2ccc(F)c(N3CCOCC3)c2)c(C)n1.Cc1cc(=O)n(-c2ccc3c(c2)OCC2CCCN32)c(C)n1.Cc1cc(=O)n(-c2ncc(N3CCOCC3)s2)c(C)n1.Cc1cc(C)c(=O)n(-c2cnc(N3CCOCC3)s2)c1. The van der Waals surface area contributed by atoms with Crippen LogP contribution in [0.3, 0.4) is 0 Å². The van der Waals surface area contributed by atoms with E-state index in [1.807, 2.05) is 77.0 Å². The highest BCUT2D eigenvalue weighted by molar-refractivity contribution is 7.18. The first-order valence-corrected chi connectivity index (χ1v) is 37.0. The third kappa shape index (κ3) is 17.7. The zero-order valence-electron chi connectivity index (χ0n) is 61.3. The van der Waals surface area contributed by atoms with E-state index in [1.165, 1.54) is 63.6 Å². The number of rotatable bonds is 9. The maximum absolute atomic E-state index is 14.3. The molecular formula is C76H88F2N16O10S2. The molecule has 6 aliphatic rings. The van der Waals surface area contributed by atoms with E-state index in [2.05, 4.69) is 55.6 Å².